The maximum atomic E-state index is 12.6. The van der Waals surface area contributed by atoms with Crippen LogP contribution in [0.3, 0.4) is 0 Å². The fourth-order valence-electron chi connectivity index (χ4n) is 3.12. The minimum Gasteiger partial charge on any atom is -0.484 e. The van der Waals surface area contributed by atoms with Crippen LogP contribution in [0.5, 0.6) is 17.2 Å². The standard InChI is InChI=1S/C23H22N2O6S/c1-16-11-19(32(27,28)25-18-5-3-2-4-6-18)8-10-20(16)29-14-23(26)24-13-17-7-9-21-22(12-17)31-15-30-21/h2-12,25H,13-15H2,1H3,(H,24,26). The summed E-state index contributed by atoms with van der Waals surface area (Å²) in [6.45, 7) is 2.04. The lowest BCUT2D eigenvalue weighted by atomic mass is 10.2. The van der Waals surface area contributed by atoms with E-state index in [1.54, 1.807) is 49.4 Å². The Hall–Kier alpha value is -3.72. The highest BCUT2D eigenvalue weighted by Gasteiger charge is 2.17. The lowest BCUT2D eigenvalue weighted by Gasteiger charge is -2.12. The van der Waals surface area contributed by atoms with Crippen molar-refractivity contribution in [2.24, 2.45) is 0 Å². The van der Waals surface area contributed by atoms with E-state index in [4.69, 9.17) is 14.2 Å². The van der Waals surface area contributed by atoms with Crippen LogP contribution in [0.1, 0.15) is 11.1 Å². The van der Waals surface area contributed by atoms with Gasteiger partial charge in [-0.1, -0.05) is 24.3 Å². The van der Waals surface area contributed by atoms with Crippen molar-refractivity contribution in [1.82, 2.24) is 5.32 Å². The number of ether oxygens (including phenoxy) is 3. The van der Waals surface area contributed by atoms with E-state index in [9.17, 15) is 13.2 Å². The molecule has 1 aliphatic heterocycles. The maximum Gasteiger partial charge on any atom is 0.261 e. The molecule has 32 heavy (non-hydrogen) atoms. The molecule has 3 aromatic carbocycles. The summed E-state index contributed by atoms with van der Waals surface area (Å²) in [5.41, 5.74) is 1.95. The Morgan fingerprint density at radius 1 is 1.00 bits per heavy atom. The molecule has 0 bridgehead atoms. The van der Waals surface area contributed by atoms with Gasteiger partial charge in [-0.2, -0.15) is 0 Å². The highest BCUT2D eigenvalue weighted by Crippen LogP contribution is 2.32. The number of carbonyl (C=O) groups is 1. The fourth-order valence-corrected chi connectivity index (χ4v) is 4.26. The predicted octanol–water partition coefficient (Wildman–Crippen LogP) is 3.22. The summed E-state index contributed by atoms with van der Waals surface area (Å²) in [5, 5.41) is 2.78. The number of anilines is 1. The number of carbonyl (C=O) groups excluding carboxylic acids is 1. The number of hydrogen-bond acceptors (Lipinski definition) is 6. The van der Waals surface area contributed by atoms with Crippen molar-refractivity contribution in [2.75, 3.05) is 18.1 Å². The molecule has 1 heterocycles. The van der Waals surface area contributed by atoms with Crippen LogP contribution in [0.25, 0.3) is 0 Å². The predicted molar refractivity (Wildman–Crippen MR) is 118 cm³/mol. The summed E-state index contributed by atoms with van der Waals surface area (Å²) < 4.78 is 43.9. The molecule has 2 N–H and O–H groups in total. The van der Waals surface area contributed by atoms with Crippen molar-refractivity contribution in [3.05, 3.63) is 77.9 Å². The molecule has 0 unspecified atom stereocenters. The largest absolute Gasteiger partial charge is 0.484 e. The van der Waals surface area contributed by atoms with Crippen LogP contribution in [0.15, 0.2) is 71.6 Å². The van der Waals surface area contributed by atoms with Crippen molar-refractivity contribution in [1.29, 1.82) is 0 Å². The molecule has 166 valence electrons. The van der Waals surface area contributed by atoms with Gasteiger partial charge >= 0.3 is 0 Å². The van der Waals surface area contributed by atoms with E-state index in [2.05, 4.69) is 10.0 Å². The quantitative estimate of drug-likeness (QED) is 0.542. The van der Waals surface area contributed by atoms with Crippen molar-refractivity contribution in [2.45, 2.75) is 18.4 Å². The number of para-hydroxylation sites is 1. The maximum absolute atomic E-state index is 12.6. The highest BCUT2D eigenvalue weighted by molar-refractivity contribution is 7.92. The van der Waals surface area contributed by atoms with Crippen LogP contribution in [0, 0.1) is 6.92 Å². The van der Waals surface area contributed by atoms with Crippen LogP contribution in [-0.2, 0) is 21.4 Å². The number of sulfonamides is 1. The second-order valence-corrected chi connectivity index (χ2v) is 8.83. The van der Waals surface area contributed by atoms with Crippen molar-refractivity contribution in [3.8, 4) is 17.2 Å². The summed E-state index contributed by atoms with van der Waals surface area (Å²) in [5.74, 6) is 1.47. The lowest BCUT2D eigenvalue weighted by Crippen LogP contribution is -2.28. The van der Waals surface area contributed by atoms with Crippen LogP contribution in [-0.4, -0.2) is 27.7 Å². The molecule has 9 heteroatoms. The van der Waals surface area contributed by atoms with E-state index in [-0.39, 0.29) is 24.2 Å². The van der Waals surface area contributed by atoms with Crippen molar-refractivity contribution in [3.63, 3.8) is 0 Å². The average Bonchev–Trinajstić information content (AvgIpc) is 3.25. The van der Waals surface area contributed by atoms with E-state index in [1.807, 2.05) is 12.1 Å². The fraction of sp³-hybridized carbons (Fsp3) is 0.174. The first-order valence-electron chi connectivity index (χ1n) is 9.87. The van der Waals surface area contributed by atoms with Gasteiger partial charge in [0.05, 0.1) is 4.90 Å². The molecule has 0 spiro atoms. The Labute approximate surface area is 186 Å². The molecule has 0 atom stereocenters. The number of hydrogen-bond donors (Lipinski definition) is 2. The molecule has 0 aromatic heterocycles. The molecule has 0 saturated carbocycles. The zero-order valence-electron chi connectivity index (χ0n) is 17.3. The number of fused-ring (bicyclic) bond motifs is 1. The van der Waals surface area contributed by atoms with Gasteiger partial charge in [-0.05, 0) is 60.5 Å². The second-order valence-electron chi connectivity index (χ2n) is 7.15. The topological polar surface area (TPSA) is 103 Å². The molecule has 1 aliphatic rings. The summed E-state index contributed by atoms with van der Waals surface area (Å²) in [4.78, 5) is 12.3. The Balaban J connectivity index is 1.32. The zero-order chi connectivity index (χ0) is 22.6. The van der Waals surface area contributed by atoms with Crippen LogP contribution < -0.4 is 24.2 Å². The minimum atomic E-state index is -3.73. The second kappa shape index (κ2) is 9.19. The first-order valence-corrected chi connectivity index (χ1v) is 11.4. The van der Waals surface area contributed by atoms with Gasteiger partial charge in [0.15, 0.2) is 18.1 Å². The van der Waals surface area contributed by atoms with Crippen molar-refractivity contribution < 1.29 is 27.4 Å². The van der Waals surface area contributed by atoms with Gasteiger partial charge in [-0.25, -0.2) is 8.42 Å². The van der Waals surface area contributed by atoms with Gasteiger partial charge < -0.3 is 19.5 Å². The normalized spacial score (nSPS) is 12.3. The molecule has 0 radical (unpaired) electrons. The van der Waals surface area contributed by atoms with Crippen LogP contribution in [0.4, 0.5) is 5.69 Å². The van der Waals surface area contributed by atoms with E-state index >= 15 is 0 Å². The Kier molecular flexibility index (Phi) is 6.18. The number of benzene rings is 3. The Morgan fingerprint density at radius 2 is 1.78 bits per heavy atom. The van der Waals surface area contributed by atoms with Crippen LogP contribution in [0.2, 0.25) is 0 Å². The highest BCUT2D eigenvalue weighted by atomic mass is 32.2. The average molecular weight is 455 g/mol. The molecule has 4 rings (SSSR count). The third-order valence-corrected chi connectivity index (χ3v) is 6.15. The third kappa shape index (κ3) is 5.12. The summed E-state index contributed by atoms with van der Waals surface area (Å²) in [7, 11) is -3.73. The first kappa shape index (κ1) is 21.5. The van der Waals surface area contributed by atoms with Gasteiger partial charge in [-0.15, -0.1) is 0 Å². The smallest absolute Gasteiger partial charge is 0.261 e. The molecule has 0 aliphatic carbocycles. The Bertz CT molecular complexity index is 1230. The number of aryl methyl sites for hydroxylation is 1. The monoisotopic (exact) mass is 454 g/mol. The summed E-state index contributed by atoms with van der Waals surface area (Å²) in [6.07, 6.45) is 0. The van der Waals surface area contributed by atoms with Gasteiger partial charge in [-0.3, -0.25) is 9.52 Å². The molecule has 0 saturated heterocycles. The van der Waals surface area contributed by atoms with E-state index in [1.165, 1.54) is 12.1 Å². The molecular weight excluding hydrogens is 432 g/mol. The van der Waals surface area contributed by atoms with Gasteiger partial charge in [0.25, 0.3) is 15.9 Å². The van der Waals surface area contributed by atoms with Crippen molar-refractivity contribution >= 4 is 21.6 Å². The molecule has 1 amide bonds. The molecule has 0 fully saturated rings. The molecular formula is C23H22N2O6S. The number of rotatable bonds is 8. The zero-order valence-corrected chi connectivity index (χ0v) is 18.1. The number of nitrogens with one attached hydrogen (secondary N) is 2. The number of amides is 1. The van der Waals surface area contributed by atoms with Gasteiger partial charge in [0.2, 0.25) is 6.79 Å². The van der Waals surface area contributed by atoms with Gasteiger partial charge in [0, 0.05) is 12.2 Å². The SMILES string of the molecule is Cc1cc(S(=O)(=O)Nc2ccccc2)ccc1OCC(=O)NCc1ccc2c(c1)OCO2. The lowest BCUT2D eigenvalue weighted by molar-refractivity contribution is -0.123. The van der Waals surface area contributed by atoms with E-state index in [0.717, 1.165) is 5.56 Å². The summed E-state index contributed by atoms with van der Waals surface area (Å²) >= 11 is 0. The minimum absolute atomic E-state index is 0.110. The van der Waals surface area contributed by atoms with Gasteiger partial charge in [0.1, 0.15) is 5.75 Å². The van der Waals surface area contributed by atoms with E-state index < -0.39 is 10.0 Å². The Morgan fingerprint density at radius 3 is 2.56 bits per heavy atom. The van der Waals surface area contributed by atoms with E-state index in [0.29, 0.717) is 35.0 Å². The first-order chi connectivity index (χ1) is 15.4. The molecule has 8 nitrogen and oxygen atoms in total. The third-order valence-electron chi connectivity index (χ3n) is 4.77. The summed E-state index contributed by atoms with van der Waals surface area (Å²) in [6, 6.07) is 18.6. The molecule has 3 aromatic rings. The van der Waals surface area contributed by atoms with Crippen LogP contribution >= 0.6 is 0 Å².